The van der Waals surface area contributed by atoms with E-state index in [0.29, 0.717) is 26.9 Å². The van der Waals surface area contributed by atoms with E-state index in [1.807, 2.05) is 6.08 Å². The predicted molar refractivity (Wildman–Crippen MR) is 134 cm³/mol. The summed E-state index contributed by atoms with van der Waals surface area (Å²) in [5.41, 5.74) is 0.940. The van der Waals surface area contributed by atoms with Gasteiger partial charge in [0.1, 0.15) is 11.9 Å². The molecule has 6 nitrogen and oxygen atoms in total. The van der Waals surface area contributed by atoms with Gasteiger partial charge in [-0.25, -0.2) is 9.18 Å². The highest BCUT2D eigenvalue weighted by molar-refractivity contribution is 8.09. The molecule has 2 aliphatic rings. The van der Waals surface area contributed by atoms with E-state index in [9.17, 15) is 18.2 Å². The van der Waals surface area contributed by atoms with Crippen molar-refractivity contribution in [2.24, 2.45) is 0 Å². The molecule has 2 amide bonds. The molecule has 1 N–H and O–H groups in total. The molecule has 2 aliphatic heterocycles. The summed E-state index contributed by atoms with van der Waals surface area (Å²) in [5, 5.41) is 2.74. The van der Waals surface area contributed by atoms with Gasteiger partial charge in [0.25, 0.3) is 5.91 Å². The quantitative estimate of drug-likeness (QED) is 0.512. The highest BCUT2D eigenvalue weighted by Gasteiger charge is 2.33. The van der Waals surface area contributed by atoms with Gasteiger partial charge >= 0.3 is 6.09 Å². The third-order valence-corrected chi connectivity index (χ3v) is 7.75. The van der Waals surface area contributed by atoms with Gasteiger partial charge < -0.3 is 10.1 Å². The van der Waals surface area contributed by atoms with Gasteiger partial charge in [0.15, 0.2) is 0 Å². The fraction of sp³-hybridized carbons (Fsp3) is 0.478. The predicted octanol–water partition coefficient (Wildman–Crippen LogP) is 5.23. The topological polar surface area (TPSA) is 75.7 Å². The number of benzene rings is 1. The Morgan fingerprint density at radius 1 is 1.30 bits per heavy atom. The standard InChI is InChI=1S/C17H16ClFN2O3S.C6H14OS/c1-10-5-6-11(7-13(10)19)21-9-12(24-17(21)23)8-20-16(22)14-3-2-4-15(18)25-14;1-3-5-8(7)6-4-2/h3-7,12H,2,8-9H2,1H3,(H,20,22);3-6H2,1-2H3. The number of allylic oxidation sites excluding steroid dienone is 2. The minimum Gasteiger partial charge on any atom is -0.442 e. The molecule has 33 heavy (non-hydrogen) atoms. The first-order valence-electron chi connectivity index (χ1n) is 10.9. The molecule has 0 aliphatic carbocycles. The largest absolute Gasteiger partial charge is 0.442 e. The summed E-state index contributed by atoms with van der Waals surface area (Å²) >= 11 is 7.10. The lowest BCUT2D eigenvalue weighted by atomic mass is 10.2. The van der Waals surface area contributed by atoms with Crippen molar-refractivity contribution >= 4 is 51.9 Å². The number of halogens is 2. The van der Waals surface area contributed by atoms with E-state index in [1.54, 1.807) is 25.1 Å². The summed E-state index contributed by atoms with van der Waals surface area (Å²) in [6, 6.07) is 4.57. The number of anilines is 1. The van der Waals surface area contributed by atoms with Crippen LogP contribution in [0.3, 0.4) is 0 Å². The van der Waals surface area contributed by atoms with E-state index >= 15 is 0 Å². The SMILES string of the molecule is CCCS(=O)CCC.Cc1ccc(N2CC(CNC(=O)C3=CCC=C(Cl)S3)OC2=O)cc1F. The average Bonchev–Trinajstić information content (AvgIpc) is 3.15. The Morgan fingerprint density at radius 2 is 2.00 bits per heavy atom. The lowest BCUT2D eigenvalue weighted by molar-refractivity contribution is -0.117. The van der Waals surface area contributed by atoms with Gasteiger partial charge in [0, 0.05) is 22.3 Å². The molecule has 0 bridgehead atoms. The van der Waals surface area contributed by atoms with Crippen molar-refractivity contribution < 1.29 is 22.9 Å². The molecule has 1 fully saturated rings. The number of ether oxygens (including phenoxy) is 1. The summed E-state index contributed by atoms with van der Waals surface area (Å²) in [4.78, 5) is 26.0. The van der Waals surface area contributed by atoms with Crippen LogP contribution in [0.5, 0.6) is 0 Å². The molecule has 182 valence electrons. The lowest BCUT2D eigenvalue weighted by Gasteiger charge is -2.14. The van der Waals surface area contributed by atoms with Crippen molar-refractivity contribution in [2.75, 3.05) is 29.5 Å². The van der Waals surface area contributed by atoms with Crippen molar-refractivity contribution in [1.29, 1.82) is 0 Å². The number of nitrogens with one attached hydrogen (secondary N) is 1. The maximum atomic E-state index is 13.7. The summed E-state index contributed by atoms with van der Waals surface area (Å²) in [5.74, 6) is 1.13. The molecule has 1 atom stereocenters. The van der Waals surface area contributed by atoms with Gasteiger partial charge in [-0.2, -0.15) is 0 Å². The zero-order valence-electron chi connectivity index (χ0n) is 19.1. The van der Waals surface area contributed by atoms with Crippen LogP contribution in [-0.2, 0) is 20.3 Å². The zero-order valence-corrected chi connectivity index (χ0v) is 21.5. The minimum absolute atomic E-state index is 0.175. The van der Waals surface area contributed by atoms with Crippen LogP contribution in [0.4, 0.5) is 14.9 Å². The minimum atomic E-state index is -0.556. The van der Waals surface area contributed by atoms with Gasteiger partial charge in [-0.3, -0.25) is 13.9 Å². The maximum absolute atomic E-state index is 13.7. The first-order chi connectivity index (χ1) is 15.7. The first-order valence-corrected chi connectivity index (χ1v) is 13.5. The molecular weight excluding hydrogens is 487 g/mol. The maximum Gasteiger partial charge on any atom is 0.414 e. The van der Waals surface area contributed by atoms with Gasteiger partial charge in [-0.05, 0) is 43.9 Å². The molecule has 1 saturated heterocycles. The fourth-order valence-electron chi connectivity index (χ4n) is 3.03. The van der Waals surface area contributed by atoms with Gasteiger partial charge in [0.05, 0.1) is 28.0 Å². The monoisotopic (exact) mass is 516 g/mol. The summed E-state index contributed by atoms with van der Waals surface area (Å²) in [6.45, 7) is 6.20. The highest BCUT2D eigenvalue weighted by Crippen LogP contribution is 2.33. The summed E-state index contributed by atoms with van der Waals surface area (Å²) < 4.78 is 30.2. The van der Waals surface area contributed by atoms with Crippen LogP contribution in [0, 0.1) is 12.7 Å². The van der Waals surface area contributed by atoms with E-state index in [2.05, 4.69) is 19.2 Å². The molecule has 1 unspecified atom stereocenters. The molecule has 1 aromatic carbocycles. The number of hydrogen-bond donors (Lipinski definition) is 1. The third kappa shape index (κ3) is 8.79. The van der Waals surface area contributed by atoms with Gasteiger partial charge in [-0.15, -0.1) is 0 Å². The Balaban J connectivity index is 0.000000414. The van der Waals surface area contributed by atoms with Crippen LogP contribution >= 0.6 is 23.4 Å². The van der Waals surface area contributed by atoms with Crippen LogP contribution in [0.25, 0.3) is 0 Å². The second-order valence-electron chi connectivity index (χ2n) is 7.52. The number of carbonyl (C=O) groups excluding carboxylic acids is 2. The average molecular weight is 517 g/mol. The molecule has 2 heterocycles. The Hall–Kier alpha value is -1.84. The van der Waals surface area contributed by atoms with E-state index in [1.165, 1.54) is 22.7 Å². The van der Waals surface area contributed by atoms with Gasteiger partial charge in [-0.1, -0.05) is 55.4 Å². The molecular formula is C23H30ClFN2O4S2. The van der Waals surface area contributed by atoms with Crippen LogP contribution in [0.15, 0.2) is 39.6 Å². The van der Waals surface area contributed by atoms with E-state index in [4.69, 9.17) is 16.3 Å². The van der Waals surface area contributed by atoms with Crippen molar-refractivity contribution in [3.05, 3.63) is 51.0 Å². The molecule has 0 radical (unpaired) electrons. The Bertz CT molecular complexity index is 931. The van der Waals surface area contributed by atoms with Crippen LogP contribution in [-0.4, -0.2) is 46.9 Å². The number of nitrogens with zero attached hydrogens (tertiary/aromatic N) is 1. The van der Waals surface area contributed by atoms with Crippen LogP contribution in [0.2, 0.25) is 0 Å². The Labute approximate surface area is 206 Å². The number of aryl methyl sites for hydroxylation is 1. The number of thioether (sulfide) groups is 1. The molecule has 0 saturated carbocycles. The van der Waals surface area contributed by atoms with Crippen molar-refractivity contribution in [1.82, 2.24) is 5.32 Å². The number of hydrogen-bond acceptors (Lipinski definition) is 5. The zero-order chi connectivity index (χ0) is 24.4. The van der Waals surface area contributed by atoms with E-state index < -0.39 is 23.0 Å². The normalized spacial score (nSPS) is 17.7. The second kappa shape index (κ2) is 13.8. The smallest absolute Gasteiger partial charge is 0.414 e. The van der Waals surface area contributed by atoms with Crippen LogP contribution in [0.1, 0.15) is 38.7 Å². The highest BCUT2D eigenvalue weighted by atomic mass is 35.5. The Morgan fingerprint density at radius 3 is 2.61 bits per heavy atom. The number of amides is 2. The lowest BCUT2D eigenvalue weighted by Crippen LogP contribution is -2.35. The third-order valence-electron chi connectivity index (χ3n) is 4.71. The number of cyclic esters (lactones) is 1. The number of carbonyl (C=O) groups is 2. The molecule has 0 aromatic heterocycles. The van der Waals surface area contributed by atoms with Crippen molar-refractivity contribution in [3.63, 3.8) is 0 Å². The summed E-state index contributed by atoms with van der Waals surface area (Å²) in [7, 11) is -0.520. The summed E-state index contributed by atoms with van der Waals surface area (Å²) in [6.07, 6.45) is 5.26. The van der Waals surface area contributed by atoms with Crippen molar-refractivity contribution in [3.8, 4) is 0 Å². The van der Waals surface area contributed by atoms with Crippen molar-refractivity contribution in [2.45, 2.75) is 46.1 Å². The Kier molecular flexibility index (Phi) is 11.4. The van der Waals surface area contributed by atoms with Crippen LogP contribution < -0.4 is 10.2 Å². The second-order valence-corrected chi connectivity index (χ2v) is 10.9. The van der Waals surface area contributed by atoms with E-state index in [0.717, 1.165) is 24.3 Å². The molecule has 3 rings (SSSR count). The van der Waals surface area contributed by atoms with E-state index in [-0.39, 0.29) is 24.8 Å². The molecule has 0 spiro atoms. The number of rotatable bonds is 8. The molecule has 10 heteroatoms. The first kappa shape index (κ1) is 27.4. The molecule has 1 aromatic rings. The van der Waals surface area contributed by atoms with Gasteiger partial charge in [0.2, 0.25) is 0 Å². The fourth-order valence-corrected chi connectivity index (χ4v) is 5.21.